The number of ether oxygens (including phenoxy) is 1. The van der Waals surface area contributed by atoms with Gasteiger partial charge in [-0.15, -0.1) is 0 Å². The molecule has 0 amide bonds. The molecule has 27 heavy (non-hydrogen) atoms. The minimum absolute atomic E-state index is 0.0112. The van der Waals surface area contributed by atoms with Crippen molar-refractivity contribution in [2.24, 2.45) is 5.92 Å². The van der Waals surface area contributed by atoms with E-state index in [1.165, 1.54) is 12.2 Å². The third kappa shape index (κ3) is 4.86. The first kappa shape index (κ1) is 20.0. The van der Waals surface area contributed by atoms with Gasteiger partial charge in [-0.1, -0.05) is 30.4 Å². The van der Waals surface area contributed by atoms with Gasteiger partial charge in [-0.25, -0.2) is 4.79 Å². The van der Waals surface area contributed by atoms with Crippen LogP contribution < -0.4 is 4.74 Å². The van der Waals surface area contributed by atoms with Gasteiger partial charge in [0.2, 0.25) is 0 Å². The number of rotatable bonds is 6. The Hall–Kier alpha value is -3.32. The summed E-state index contributed by atoms with van der Waals surface area (Å²) >= 11 is 0. The number of carboxylic acids is 1. The Labute approximate surface area is 155 Å². The number of allylic oxidation sites excluding steroid dienone is 4. The number of carbonyl (C=O) groups excluding carboxylic acids is 1. The molecule has 0 saturated carbocycles. The minimum Gasteiger partial charge on any atom is -0.508 e. The average molecular weight is 372 g/mol. The van der Waals surface area contributed by atoms with Crippen LogP contribution in [-0.2, 0) is 4.79 Å². The van der Waals surface area contributed by atoms with Crippen molar-refractivity contribution in [3.05, 3.63) is 72.1 Å². The zero-order chi connectivity index (χ0) is 20.0. The Bertz CT molecular complexity index is 848. The second-order valence-corrected chi connectivity index (χ2v) is 5.96. The highest BCUT2D eigenvalue weighted by atomic mass is 16.5. The van der Waals surface area contributed by atoms with Crippen LogP contribution >= 0.6 is 0 Å². The minimum atomic E-state index is -1.76. The van der Waals surface area contributed by atoms with Crippen molar-refractivity contribution in [1.29, 1.82) is 0 Å². The topological polar surface area (TPSA) is 124 Å². The first-order valence-electron chi connectivity index (χ1n) is 8.15. The highest BCUT2D eigenvalue weighted by Gasteiger charge is 2.41. The Morgan fingerprint density at radius 2 is 2.00 bits per heavy atom. The lowest BCUT2D eigenvalue weighted by atomic mass is 9.80. The lowest BCUT2D eigenvalue weighted by molar-refractivity contribution is -0.143. The SMILES string of the molecule is C/C=C/C=C/CC1(O)C=C(O)C=CC1C(=O)Oc1cc(O)ccc1C(=O)O. The van der Waals surface area contributed by atoms with E-state index in [0.29, 0.717) is 0 Å². The van der Waals surface area contributed by atoms with E-state index in [1.807, 2.05) is 6.92 Å². The van der Waals surface area contributed by atoms with E-state index in [1.54, 1.807) is 24.3 Å². The molecule has 2 atom stereocenters. The van der Waals surface area contributed by atoms with Gasteiger partial charge in [0, 0.05) is 6.07 Å². The number of hydrogen-bond donors (Lipinski definition) is 4. The van der Waals surface area contributed by atoms with Crippen molar-refractivity contribution in [1.82, 2.24) is 0 Å². The molecule has 0 radical (unpaired) electrons. The largest absolute Gasteiger partial charge is 0.508 e. The molecule has 0 saturated heterocycles. The molecule has 1 aliphatic carbocycles. The van der Waals surface area contributed by atoms with E-state index in [2.05, 4.69) is 0 Å². The van der Waals surface area contributed by atoms with Crippen molar-refractivity contribution >= 4 is 11.9 Å². The summed E-state index contributed by atoms with van der Waals surface area (Å²) in [6, 6.07) is 3.27. The first-order chi connectivity index (χ1) is 12.8. The zero-order valence-electron chi connectivity index (χ0n) is 14.6. The lowest BCUT2D eigenvalue weighted by Gasteiger charge is -2.31. The van der Waals surface area contributed by atoms with Gasteiger partial charge >= 0.3 is 11.9 Å². The number of phenolic OH excluding ortho intramolecular Hbond substituents is 1. The molecule has 1 aromatic rings. The third-order valence-electron chi connectivity index (χ3n) is 3.94. The summed E-state index contributed by atoms with van der Waals surface area (Å²) in [4.78, 5) is 23.9. The smallest absolute Gasteiger partial charge is 0.339 e. The summed E-state index contributed by atoms with van der Waals surface area (Å²) in [7, 11) is 0. The fourth-order valence-corrected chi connectivity index (χ4v) is 2.61. The summed E-state index contributed by atoms with van der Waals surface area (Å²) in [6.07, 6.45) is 10.5. The van der Waals surface area contributed by atoms with Gasteiger partial charge in [-0.3, -0.25) is 4.79 Å². The van der Waals surface area contributed by atoms with Gasteiger partial charge in [0.15, 0.2) is 0 Å². The molecule has 1 aliphatic rings. The van der Waals surface area contributed by atoms with Crippen LogP contribution in [-0.4, -0.2) is 38.0 Å². The van der Waals surface area contributed by atoms with Crippen molar-refractivity contribution in [2.45, 2.75) is 18.9 Å². The van der Waals surface area contributed by atoms with Gasteiger partial charge in [0.1, 0.15) is 34.3 Å². The highest BCUT2D eigenvalue weighted by molar-refractivity contribution is 5.92. The van der Waals surface area contributed by atoms with Crippen LogP contribution in [0.15, 0.2) is 66.5 Å². The summed E-state index contributed by atoms with van der Waals surface area (Å²) in [6.45, 7) is 1.82. The molecule has 0 aromatic heterocycles. The average Bonchev–Trinajstić information content (AvgIpc) is 2.58. The van der Waals surface area contributed by atoms with Crippen LogP contribution in [0.5, 0.6) is 11.5 Å². The number of aromatic hydroxyl groups is 1. The van der Waals surface area contributed by atoms with E-state index in [0.717, 1.165) is 24.3 Å². The third-order valence-corrected chi connectivity index (χ3v) is 3.94. The van der Waals surface area contributed by atoms with Gasteiger partial charge in [-0.2, -0.15) is 0 Å². The maximum Gasteiger partial charge on any atom is 0.339 e. The molecule has 0 spiro atoms. The van der Waals surface area contributed by atoms with Crippen LogP contribution in [0, 0.1) is 5.92 Å². The molecular formula is C20H20O7. The molecule has 2 unspecified atom stereocenters. The maximum absolute atomic E-state index is 12.6. The predicted molar refractivity (Wildman–Crippen MR) is 97.6 cm³/mol. The van der Waals surface area contributed by atoms with E-state index in [4.69, 9.17) is 4.74 Å². The fourth-order valence-electron chi connectivity index (χ4n) is 2.61. The Morgan fingerprint density at radius 3 is 2.67 bits per heavy atom. The summed E-state index contributed by atoms with van der Waals surface area (Å²) in [5.74, 6) is -4.27. The van der Waals surface area contributed by atoms with Crippen LogP contribution in [0.25, 0.3) is 0 Å². The monoisotopic (exact) mass is 372 g/mol. The van der Waals surface area contributed by atoms with Crippen molar-refractivity contribution in [3.63, 3.8) is 0 Å². The second kappa shape index (κ2) is 8.37. The molecule has 0 aliphatic heterocycles. The van der Waals surface area contributed by atoms with Crippen LogP contribution in [0.3, 0.4) is 0 Å². The molecule has 7 nitrogen and oxygen atoms in total. The molecule has 7 heteroatoms. The van der Waals surface area contributed by atoms with Gasteiger partial charge in [0.05, 0.1) is 0 Å². The first-order valence-corrected chi connectivity index (χ1v) is 8.15. The van der Waals surface area contributed by atoms with Crippen molar-refractivity contribution in [3.8, 4) is 11.5 Å². The predicted octanol–water partition coefficient (Wildman–Crippen LogP) is 2.88. The number of carboxylic acid groups (broad SMARTS) is 1. The normalized spacial score (nSPS) is 22.1. The van der Waals surface area contributed by atoms with Crippen molar-refractivity contribution < 1.29 is 34.8 Å². The van der Waals surface area contributed by atoms with E-state index in [9.17, 15) is 30.0 Å². The molecule has 0 heterocycles. The number of benzene rings is 1. The fraction of sp³-hybridized carbons (Fsp3) is 0.200. The number of carbonyl (C=O) groups is 2. The number of aliphatic hydroxyl groups excluding tert-OH is 1. The van der Waals surface area contributed by atoms with Crippen LogP contribution in [0.2, 0.25) is 0 Å². The number of phenols is 1. The number of hydrogen-bond acceptors (Lipinski definition) is 6. The van der Waals surface area contributed by atoms with E-state index < -0.39 is 23.5 Å². The quantitative estimate of drug-likeness (QED) is 0.344. The Balaban J connectivity index is 2.29. The molecule has 1 aromatic carbocycles. The molecule has 4 N–H and O–H groups in total. The molecular weight excluding hydrogens is 352 g/mol. The number of aromatic carboxylic acids is 1. The Kier molecular flexibility index (Phi) is 6.20. The zero-order valence-corrected chi connectivity index (χ0v) is 14.6. The van der Waals surface area contributed by atoms with Gasteiger partial charge in [0.25, 0.3) is 0 Å². The van der Waals surface area contributed by atoms with Crippen molar-refractivity contribution in [2.75, 3.05) is 0 Å². The van der Waals surface area contributed by atoms with Gasteiger partial charge < -0.3 is 25.2 Å². The lowest BCUT2D eigenvalue weighted by Crippen LogP contribution is -2.43. The number of aliphatic hydroxyl groups is 2. The summed E-state index contributed by atoms with van der Waals surface area (Å²) < 4.78 is 5.15. The van der Waals surface area contributed by atoms with Crippen LogP contribution in [0.4, 0.5) is 0 Å². The standard InChI is InChI=1S/C20H20O7/c1-2-3-4-5-10-20(26)12-14(22)7-9-16(20)19(25)27-17-11-13(21)6-8-15(17)18(23)24/h2-9,11-12,16,21-22,26H,10H2,1H3,(H,23,24)/b3-2+,5-4+. The highest BCUT2D eigenvalue weighted by Crippen LogP contribution is 2.33. The molecule has 2 rings (SSSR count). The maximum atomic E-state index is 12.6. The summed E-state index contributed by atoms with van der Waals surface area (Å²) in [5, 5.41) is 39.3. The summed E-state index contributed by atoms with van der Waals surface area (Å²) in [5.41, 5.74) is -2.07. The molecule has 142 valence electrons. The Morgan fingerprint density at radius 1 is 1.26 bits per heavy atom. The van der Waals surface area contributed by atoms with Gasteiger partial charge in [-0.05, 0) is 37.6 Å². The van der Waals surface area contributed by atoms with E-state index in [-0.39, 0.29) is 29.2 Å². The second-order valence-electron chi connectivity index (χ2n) is 5.96. The van der Waals surface area contributed by atoms with E-state index >= 15 is 0 Å². The van der Waals surface area contributed by atoms with Crippen LogP contribution in [0.1, 0.15) is 23.7 Å². The number of esters is 1. The molecule has 0 fully saturated rings. The molecule has 0 bridgehead atoms.